The van der Waals surface area contributed by atoms with Crippen molar-refractivity contribution in [3.05, 3.63) is 75.8 Å². The number of hydrogen-bond acceptors (Lipinski definition) is 5. The number of nitrogens with two attached hydrogens (primary N) is 2. The van der Waals surface area contributed by atoms with E-state index in [9.17, 15) is 14.4 Å². The van der Waals surface area contributed by atoms with Crippen LogP contribution in [0.3, 0.4) is 0 Å². The number of nitrogens with one attached hydrogen (secondary N) is 3. The second kappa shape index (κ2) is 16.8. The van der Waals surface area contributed by atoms with Crippen LogP contribution >= 0.6 is 23.2 Å². The van der Waals surface area contributed by atoms with Crippen LogP contribution in [0.2, 0.25) is 10.0 Å². The predicted molar refractivity (Wildman–Crippen MR) is 175 cm³/mol. The van der Waals surface area contributed by atoms with Gasteiger partial charge in [0.15, 0.2) is 0 Å². The SMILES string of the molecule is CCN(Cc1ccccc1)C(=O)[C@@H](CC(C)C)NC(=O)[C@H](CCC[NH+]=C(N)N)NC(=O)c1nc(C)n(-c2cc(Cl)cc(Cl)c2)n1. The van der Waals surface area contributed by atoms with E-state index in [4.69, 9.17) is 34.7 Å². The summed E-state index contributed by atoms with van der Waals surface area (Å²) in [6, 6.07) is 12.7. The third-order valence-electron chi connectivity index (χ3n) is 6.92. The minimum atomic E-state index is -1.00. The highest BCUT2D eigenvalue weighted by Crippen LogP contribution is 2.22. The van der Waals surface area contributed by atoms with Crippen molar-refractivity contribution >= 4 is 46.9 Å². The molecule has 0 radical (unpaired) electrons. The van der Waals surface area contributed by atoms with Gasteiger partial charge in [0.05, 0.1) is 12.2 Å². The van der Waals surface area contributed by atoms with Gasteiger partial charge in [-0.2, -0.15) is 0 Å². The van der Waals surface area contributed by atoms with Gasteiger partial charge in [-0.15, -0.1) is 5.10 Å². The average molecular weight is 660 g/mol. The summed E-state index contributed by atoms with van der Waals surface area (Å²) in [7, 11) is 0. The van der Waals surface area contributed by atoms with E-state index in [1.54, 1.807) is 30.0 Å². The molecule has 0 saturated carbocycles. The van der Waals surface area contributed by atoms with Crippen molar-refractivity contribution in [3.63, 3.8) is 0 Å². The normalized spacial score (nSPS) is 12.3. The lowest BCUT2D eigenvalue weighted by molar-refractivity contribution is -0.459. The molecule has 0 saturated heterocycles. The van der Waals surface area contributed by atoms with Gasteiger partial charge in [0.1, 0.15) is 17.9 Å². The lowest BCUT2D eigenvalue weighted by Crippen LogP contribution is -2.78. The van der Waals surface area contributed by atoms with Crippen LogP contribution in [0.5, 0.6) is 0 Å². The van der Waals surface area contributed by atoms with Crippen molar-refractivity contribution in [1.82, 2.24) is 30.3 Å². The molecule has 1 aromatic heterocycles. The van der Waals surface area contributed by atoms with E-state index >= 15 is 0 Å². The Labute approximate surface area is 273 Å². The molecule has 0 aliphatic rings. The third-order valence-corrected chi connectivity index (χ3v) is 7.35. The van der Waals surface area contributed by atoms with E-state index in [-0.39, 0.29) is 30.0 Å². The summed E-state index contributed by atoms with van der Waals surface area (Å²) in [5.74, 6) is -0.920. The van der Waals surface area contributed by atoms with E-state index in [0.29, 0.717) is 54.0 Å². The highest BCUT2D eigenvalue weighted by Gasteiger charge is 2.30. The molecule has 3 rings (SSSR count). The largest absolute Gasteiger partial charge is 0.343 e. The minimum absolute atomic E-state index is 0.0482. The van der Waals surface area contributed by atoms with Crippen LogP contribution in [-0.4, -0.2) is 68.5 Å². The monoisotopic (exact) mass is 658 g/mol. The second-order valence-electron chi connectivity index (χ2n) is 11.1. The Morgan fingerprint density at radius 2 is 1.69 bits per heavy atom. The van der Waals surface area contributed by atoms with Crippen molar-refractivity contribution in [2.45, 2.75) is 65.6 Å². The summed E-state index contributed by atoms with van der Waals surface area (Å²) < 4.78 is 1.44. The number of likely N-dealkylation sites (N-methyl/N-ethyl adjacent to an activating group) is 1. The average Bonchev–Trinajstić information content (AvgIpc) is 3.38. The molecular weight excluding hydrogens is 617 g/mol. The molecule has 0 unspecified atom stereocenters. The molecule has 1 heterocycles. The summed E-state index contributed by atoms with van der Waals surface area (Å²) in [6.45, 7) is 8.79. The van der Waals surface area contributed by atoms with E-state index in [2.05, 4.69) is 25.7 Å². The van der Waals surface area contributed by atoms with Crippen LogP contribution in [-0.2, 0) is 16.1 Å². The zero-order valence-corrected chi connectivity index (χ0v) is 27.5. The maximum absolute atomic E-state index is 13.7. The Hall–Kier alpha value is -4.16. The standard InChI is InChI=1S/C31H41Cl2N9O3/c1-5-41(18-21-10-7-6-8-11-21)30(45)26(14-19(2)3)39-28(43)25(12-9-13-36-31(34)35)38-29(44)27-37-20(4)42(40-27)24-16-22(32)15-23(33)17-24/h6-8,10-11,15-17,19,25-26H,5,9,12-14,18H2,1-4H3,(H,38,44)(H,39,43)(H4,34,35,36)/p+1/t25-,26+/m0/s1. The molecule has 0 aliphatic carbocycles. The van der Waals surface area contributed by atoms with Gasteiger partial charge < -0.3 is 15.5 Å². The number of aromatic nitrogens is 3. The van der Waals surface area contributed by atoms with Crippen molar-refractivity contribution in [3.8, 4) is 5.69 Å². The number of amides is 3. The predicted octanol–water partition coefficient (Wildman–Crippen LogP) is 1.69. The first-order chi connectivity index (χ1) is 21.4. The zero-order chi connectivity index (χ0) is 33.1. The minimum Gasteiger partial charge on any atom is -0.343 e. The fraction of sp³-hybridized carbons (Fsp3) is 0.419. The lowest BCUT2D eigenvalue weighted by atomic mass is 10.0. The number of carbonyl (C=O) groups excluding carboxylic acids is 3. The zero-order valence-electron chi connectivity index (χ0n) is 26.0. The lowest BCUT2D eigenvalue weighted by Gasteiger charge is -2.29. The van der Waals surface area contributed by atoms with Gasteiger partial charge in [-0.1, -0.05) is 67.4 Å². The molecule has 0 fully saturated rings. The Morgan fingerprint density at radius 1 is 1.02 bits per heavy atom. The number of benzene rings is 2. The number of aryl methyl sites for hydroxylation is 1. The van der Waals surface area contributed by atoms with Crippen molar-refractivity contribution in [1.29, 1.82) is 0 Å². The van der Waals surface area contributed by atoms with Crippen LogP contribution in [0, 0.1) is 12.8 Å². The van der Waals surface area contributed by atoms with Crippen LogP contribution in [0.15, 0.2) is 48.5 Å². The van der Waals surface area contributed by atoms with E-state index in [0.717, 1.165) is 5.56 Å². The Balaban J connectivity index is 1.82. The molecule has 3 amide bonds. The van der Waals surface area contributed by atoms with Gasteiger partial charge in [0.25, 0.3) is 5.91 Å². The number of hydrogen-bond donors (Lipinski definition) is 5. The summed E-state index contributed by atoms with van der Waals surface area (Å²) in [6.07, 6.45) is 1.09. The van der Waals surface area contributed by atoms with Crippen molar-refractivity contribution in [2.75, 3.05) is 13.1 Å². The van der Waals surface area contributed by atoms with Gasteiger partial charge >= 0.3 is 5.96 Å². The first kappa shape index (κ1) is 35.3. The van der Waals surface area contributed by atoms with Crippen LogP contribution < -0.4 is 27.1 Å². The van der Waals surface area contributed by atoms with Crippen molar-refractivity contribution < 1.29 is 19.4 Å². The first-order valence-electron chi connectivity index (χ1n) is 14.8. The maximum Gasteiger partial charge on any atom is 0.338 e. The number of carbonyl (C=O) groups is 3. The molecular formula is C31H42Cl2N9O3+. The quantitative estimate of drug-likeness (QED) is 0.0938. The smallest absolute Gasteiger partial charge is 0.338 e. The van der Waals surface area contributed by atoms with Crippen LogP contribution in [0.25, 0.3) is 5.69 Å². The highest BCUT2D eigenvalue weighted by molar-refractivity contribution is 6.34. The molecule has 14 heteroatoms. The maximum atomic E-state index is 13.7. The Morgan fingerprint density at radius 3 is 2.29 bits per heavy atom. The van der Waals surface area contributed by atoms with E-state index < -0.39 is 23.9 Å². The fourth-order valence-corrected chi connectivity index (χ4v) is 5.27. The Bertz CT molecular complexity index is 1470. The number of guanidine groups is 1. The van der Waals surface area contributed by atoms with Gasteiger partial charge in [-0.05, 0) is 62.8 Å². The van der Waals surface area contributed by atoms with Gasteiger partial charge in [-0.25, -0.2) is 9.67 Å². The van der Waals surface area contributed by atoms with Gasteiger partial charge in [-0.3, -0.25) is 30.8 Å². The summed E-state index contributed by atoms with van der Waals surface area (Å²) in [4.78, 5) is 49.6. The Kier molecular flexibility index (Phi) is 13.2. The van der Waals surface area contributed by atoms with Crippen molar-refractivity contribution in [2.24, 2.45) is 17.4 Å². The molecule has 242 valence electrons. The second-order valence-corrected chi connectivity index (χ2v) is 12.0. The molecule has 3 aromatic rings. The van der Waals surface area contributed by atoms with Gasteiger partial charge in [0.2, 0.25) is 17.6 Å². The molecule has 0 bridgehead atoms. The third kappa shape index (κ3) is 10.8. The highest BCUT2D eigenvalue weighted by atomic mass is 35.5. The summed E-state index contributed by atoms with van der Waals surface area (Å²) in [5.41, 5.74) is 12.5. The molecule has 45 heavy (non-hydrogen) atoms. The molecule has 12 nitrogen and oxygen atoms in total. The topological polar surface area (TPSA) is 175 Å². The van der Waals surface area contributed by atoms with Crippen LogP contribution in [0.1, 0.15) is 62.0 Å². The number of nitrogens with zero attached hydrogens (tertiary/aromatic N) is 4. The molecule has 2 aromatic carbocycles. The summed E-state index contributed by atoms with van der Waals surface area (Å²) >= 11 is 12.3. The number of halogens is 2. The van der Waals surface area contributed by atoms with E-state index in [1.165, 1.54) is 4.68 Å². The first-order valence-corrected chi connectivity index (χ1v) is 15.6. The van der Waals surface area contributed by atoms with E-state index in [1.807, 2.05) is 51.1 Å². The molecule has 7 N–H and O–H groups in total. The fourth-order valence-electron chi connectivity index (χ4n) is 4.76. The van der Waals surface area contributed by atoms with Crippen LogP contribution in [0.4, 0.5) is 0 Å². The molecule has 0 aliphatic heterocycles. The van der Waals surface area contributed by atoms with Gasteiger partial charge in [0, 0.05) is 23.1 Å². The molecule has 2 atom stereocenters. The number of rotatable bonds is 15. The summed E-state index contributed by atoms with van der Waals surface area (Å²) in [5, 5.41) is 10.8. The molecule has 0 spiro atoms.